The van der Waals surface area contributed by atoms with E-state index in [1.54, 1.807) is 37.6 Å². The van der Waals surface area contributed by atoms with Gasteiger partial charge in [0.1, 0.15) is 35.1 Å². The number of carbonyl (C=O) groups is 2. The molecule has 4 aromatic carbocycles. The minimum Gasteiger partial charge on any atom is -0.497 e. The van der Waals surface area contributed by atoms with E-state index in [4.69, 9.17) is 30.8 Å². The van der Waals surface area contributed by atoms with E-state index in [0.29, 0.717) is 58.0 Å². The molecule has 6 aromatic rings. The average molecular weight is 748 g/mol. The van der Waals surface area contributed by atoms with Crippen LogP contribution in [0, 0.1) is 5.82 Å². The number of benzene rings is 4. The molecule has 2 aliphatic heterocycles. The Morgan fingerprint density at radius 1 is 0.981 bits per heavy atom. The lowest BCUT2D eigenvalue weighted by atomic mass is 10.0. The Morgan fingerprint density at radius 3 is 2.44 bits per heavy atom. The lowest BCUT2D eigenvalue weighted by molar-refractivity contribution is 0.111. The van der Waals surface area contributed by atoms with Gasteiger partial charge < -0.3 is 24.2 Å². The number of fused-ring (bicyclic) bond motifs is 4. The molecule has 8 rings (SSSR count). The summed E-state index contributed by atoms with van der Waals surface area (Å²) in [6.45, 7) is 1.19. The number of aldehydes is 1. The van der Waals surface area contributed by atoms with E-state index in [-0.39, 0.29) is 42.5 Å². The maximum absolute atomic E-state index is 16.8. The number of ether oxygens (including phenoxy) is 3. The summed E-state index contributed by atoms with van der Waals surface area (Å²) < 4.78 is 34.0. The predicted octanol–water partition coefficient (Wildman–Crippen LogP) is 7.99. The minimum atomic E-state index is -0.945. The van der Waals surface area contributed by atoms with Gasteiger partial charge >= 0.3 is 12.1 Å². The van der Waals surface area contributed by atoms with Crippen molar-refractivity contribution in [1.29, 1.82) is 0 Å². The Hall–Kier alpha value is -6.01. The molecule has 2 bridgehead atoms. The van der Waals surface area contributed by atoms with Crippen molar-refractivity contribution in [3.63, 3.8) is 0 Å². The molecule has 13 heteroatoms. The molecule has 274 valence electrons. The number of amides is 1. The number of anilines is 1. The SMILES string of the molecule is COc1ccc(COc2ccc(CCOc3nc(N4C[C@H]5CC[C@@H](C4)N5C(=O)O)c4cnc(-c5cccc6cccc(Cl)c56)c(F)c4n3)cc2C=O)cc1. The van der Waals surface area contributed by atoms with Crippen LogP contribution in [-0.2, 0) is 13.0 Å². The van der Waals surface area contributed by atoms with Gasteiger partial charge in [-0.05, 0) is 59.7 Å². The Labute approximate surface area is 314 Å². The third kappa shape index (κ3) is 6.69. The first-order valence-electron chi connectivity index (χ1n) is 17.6. The van der Waals surface area contributed by atoms with E-state index in [9.17, 15) is 14.7 Å². The number of pyridine rings is 1. The maximum atomic E-state index is 16.8. The molecule has 0 radical (unpaired) electrons. The Balaban J connectivity index is 1.08. The molecule has 2 aliphatic rings. The molecule has 2 fully saturated rings. The number of methoxy groups -OCH3 is 1. The second-order valence-corrected chi connectivity index (χ2v) is 13.8. The number of aromatic nitrogens is 3. The Kier molecular flexibility index (Phi) is 9.59. The van der Waals surface area contributed by atoms with Crippen molar-refractivity contribution in [3.8, 4) is 28.8 Å². The van der Waals surface area contributed by atoms with Crippen molar-refractivity contribution in [2.45, 2.75) is 38.0 Å². The summed E-state index contributed by atoms with van der Waals surface area (Å²) in [7, 11) is 1.61. The number of hydrogen-bond acceptors (Lipinski definition) is 9. The summed E-state index contributed by atoms with van der Waals surface area (Å²) in [6.07, 6.45) is 3.23. The van der Waals surface area contributed by atoms with Gasteiger partial charge in [0.15, 0.2) is 12.1 Å². The summed E-state index contributed by atoms with van der Waals surface area (Å²) in [5.41, 5.74) is 2.78. The predicted molar refractivity (Wildman–Crippen MR) is 202 cm³/mol. The quantitative estimate of drug-likeness (QED) is 0.130. The van der Waals surface area contributed by atoms with Crippen LogP contribution in [0.15, 0.2) is 85.1 Å². The zero-order chi connectivity index (χ0) is 37.3. The average Bonchev–Trinajstić information content (AvgIpc) is 3.47. The maximum Gasteiger partial charge on any atom is 0.407 e. The molecule has 0 unspecified atom stereocenters. The van der Waals surface area contributed by atoms with Gasteiger partial charge in [-0.15, -0.1) is 0 Å². The fraction of sp³-hybridized carbons (Fsp3) is 0.244. The second kappa shape index (κ2) is 14.8. The monoisotopic (exact) mass is 747 g/mol. The molecule has 2 saturated heterocycles. The molecular formula is C41H35ClFN5O6. The van der Waals surface area contributed by atoms with E-state index in [1.807, 2.05) is 59.5 Å². The van der Waals surface area contributed by atoms with Gasteiger partial charge in [-0.2, -0.15) is 9.97 Å². The summed E-state index contributed by atoms with van der Waals surface area (Å²) in [6, 6.07) is 23.4. The number of nitrogens with zero attached hydrogens (tertiary/aromatic N) is 5. The molecular weight excluding hydrogens is 713 g/mol. The van der Waals surface area contributed by atoms with Crippen LogP contribution in [0.5, 0.6) is 17.5 Å². The van der Waals surface area contributed by atoms with E-state index >= 15 is 4.39 Å². The van der Waals surface area contributed by atoms with Crippen LogP contribution in [-0.4, -0.2) is 76.2 Å². The first-order valence-corrected chi connectivity index (χ1v) is 18.0. The van der Waals surface area contributed by atoms with Gasteiger partial charge in [0.05, 0.1) is 36.8 Å². The smallest absolute Gasteiger partial charge is 0.407 e. The highest BCUT2D eigenvalue weighted by Gasteiger charge is 2.43. The van der Waals surface area contributed by atoms with Crippen LogP contribution in [0.3, 0.4) is 0 Å². The molecule has 0 spiro atoms. The van der Waals surface area contributed by atoms with Gasteiger partial charge in [-0.1, -0.05) is 60.1 Å². The van der Waals surface area contributed by atoms with Crippen molar-refractivity contribution < 1.29 is 33.3 Å². The van der Waals surface area contributed by atoms with Crippen molar-refractivity contribution in [2.75, 3.05) is 31.7 Å². The molecule has 54 heavy (non-hydrogen) atoms. The van der Waals surface area contributed by atoms with Crippen molar-refractivity contribution in [3.05, 3.63) is 113 Å². The van der Waals surface area contributed by atoms with Gasteiger partial charge in [0.25, 0.3) is 0 Å². The number of rotatable bonds is 11. The number of carboxylic acid groups (broad SMARTS) is 1. The largest absolute Gasteiger partial charge is 0.497 e. The number of hydrogen-bond donors (Lipinski definition) is 1. The normalized spacial score (nSPS) is 16.5. The highest BCUT2D eigenvalue weighted by molar-refractivity contribution is 6.36. The molecule has 1 N–H and O–H groups in total. The highest BCUT2D eigenvalue weighted by atomic mass is 35.5. The van der Waals surface area contributed by atoms with Gasteiger partial charge in [-0.3, -0.25) is 14.7 Å². The van der Waals surface area contributed by atoms with Crippen LogP contribution in [0.25, 0.3) is 32.9 Å². The van der Waals surface area contributed by atoms with Crippen LogP contribution in [0.1, 0.15) is 34.3 Å². The third-order valence-electron chi connectivity index (χ3n) is 10.1. The Bertz CT molecular complexity index is 2380. The molecule has 1 amide bonds. The van der Waals surface area contributed by atoms with Gasteiger partial charge in [0, 0.05) is 41.7 Å². The number of carbonyl (C=O) groups excluding carboxylic acids is 1. The highest BCUT2D eigenvalue weighted by Crippen LogP contribution is 2.39. The topological polar surface area (TPSA) is 127 Å². The van der Waals surface area contributed by atoms with Gasteiger partial charge in [-0.25, -0.2) is 9.18 Å². The first kappa shape index (κ1) is 35.0. The first-order chi connectivity index (χ1) is 26.3. The second-order valence-electron chi connectivity index (χ2n) is 13.4. The minimum absolute atomic E-state index is 0.0265. The summed E-state index contributed by atoms with van der Waals surface area (Å²) in [5, 5.41) is 12.2. The van der Waals surface area contributed by atoms with Crippen LogP contribution < -0.4 is 19.1 Å². The van der Waals surface area contributed by atoms with Crippen molar-refractivity contribution in [2.24, 2.45) is 0 Å². The van der Waals surface area contributed by atoms with Crippen molar-refractivity contribution in [1.82, 2.24) is 19.9 Å². The molecule has 11 nitrogen and oxygen atoms in total. The fourth-order valence-electron chi connectivity index (χ4n) is 7.52. The Morgan fingerprint density at radius 2 is 1.72 bits per heavy atom. The van der Waals surface area contributed by atoms with Crippen molar-refractivity contribution >= 4 is 51.5 Å². The lowest BCUT2D eigenvalue weighted by Crippen LogP contribution is -2.55. The van der Waals surface area contributed by atoms with Crippen LogP contribution >= 0.6 is 11.6 Å². The number of piperazine rings is 1. The summed E-state index contributed by atoms with van der Waals surface area (Å²) >= 11 is 6.61. The van der Waals surface area contributed by atoms with Crippen LogP contribution in [0.4, 0.5) is 15.0 Å². The van der Waals surface area contributed by atoms with Gasteiger partial charge in [0.2, 0.25) is 0 Å². The molecule has 0 aliphatic carbocycles. The van der Waals surface area contributed by atoms with Crippen LogP contribution in [0.2, 0.25) is 5.02 Å². The van der Waals surface area contributed by atoms with E-state index in [2.05, 4.69) is 9.97 Å². The standard InChI is InChI=1S/C41H35ClFN5O6/c1-52-30-13-8-25(9-14-30)23-54-34-15-10-24(18-27(34)22-49)16-17-53-40-45-38-32(39(46-40)47-20-28-11-12-29(21-47)48(28)41(50)51)19-44-37(36(38)43)31-6-2-4-26-5-3-7-33(42)35(26)31/h2-10,13-15,18-19,22,28-29H,11-12,16-17,20-21,23H2,1H3,(H,50,51)/t28-,29+. The summed E-state index contributed by atoms with van der Waals surface area (Å²) in [4.78, 5) is 41.4. The van der Waals surface area contributed by atoms with E-state index in [1.165, 1.54) is 4.90 Å². The number of halogens is 2. The molecule has 0 saturated carbocycles. The third-order valence-corrected chi connectivity index (χ3v) is 10.4. The zero-order valence-corrected chi connectivity index (χ0v) is 30.0. The van der Waals surface area contributed by atoms with E-state index < -0.39 is 11.9 Å². The zero-order valence-electron chi connectivity index (χ0n) is 29.2. The summed E-state index contributed by atoms with van der Waals surface area (Å²) in [5.74, 6) is 0.971. The van der Waals surface area contributed by atoms with E-state index in [0.717, 1.165) is 41.4 Å². The molecule has 4 heterocycles. The fourth-order valence-corrected chi connectivity index (χ4v) is 7.80. The lowest BCUT2D eigenvalue weighted by Gasteiger charge is -2.40. The molecule has 2 aromatic heterocycles. The molecule has 2 atom stereocenters.